The molecule has 0 aromatic carbocycles. The van der Waals surface area contributed by atoms with Gasteiger partial charge in [0.2, 0.25) is 0 Å². The Morgan fingerprint density at radius 1 is 1.69 bits per heavy atom. The maximum absolute atomic E-state index is 11.2. The fourth-order valence-electron chi connectivity index (χ4n) is 0.883. The monoisotopic (exact) mass is 175 g/mol. The summed E-state index contributed by atoms with van der Waals surface area (Å²) in [6, 6.07) is 1.62. The van der Waals surface area contributed by atoms with E-state index in [0.29, 0.717) is 17.8 Å². The maximum atomic E-state index is 11.2. The van der Waals surface area contributed by atoms with Gasteiger partial charge in [0, 0.05) is 6.20 Å². The number of aromatic nitrogens is 1. The molecule has 4 heteroatoms. The van der Waals surface area contributed by atoms with Crippen LogP contribution in [0.3, 0.4) is 0 Å². The van der Waals surface area contributed by atoms with Gasteiger partial charge in [-0.1, -0.05) is 11.0 Å². The molecule has 0 aliphatic rings. The minimum Gasteiger partial charge on any atom is -0.461 e. The van der Waals surface area contributed by atoms with Crippen LogP contribution in [0, 0.1) is 6.92 Å². The number of ether oxygens (including phenoxy) is 1. The number of carbonyl (C=O) groups is 1. The number of hydrogen-bond acceptors (Lipinski definition) is 3. The number of pyridine rings is 1. The summed E-state index contributed by atoms with van der Waals surface area (Å²) >= 11 is 0. The minimum absolute atomic E-state index is 0.300. The molecule has 0 aliphatic heterocycles. The van der Waals surface area contributed by atoms with Crippen molar-refractivity contribution in [3.8, 4) is 0 Å². The second-order valence-electron chi connectivity index (χ2n) is 2.65. The Balaban J connectivity index is 2.90. The summed E-state index contributed by atoms with van der Waals surface area (Å²) in [5, 5.41) is 0. The van der Waals surface area contributed by atoms with Crippen molar-refractivity contribution in [3.63, 3.8) is 0 Å². The van der Waals surface area contributed by atoms with E-state index in [-0.39, 0.29) is 0 Å². The highest BCUT2D eigenvalue weighted by Gasteiger charge is 2.07. The number of esters is 1. The van der Waals surface area contributed by atoms with Gasteiger partial charge in [-0.3, -0.25) is 0 Å². The molecular weight excluding hydrogens is 165 g/mol. The fraction of sp³-hybridized carbons (Fsp3) is 0.333. The Morgan fingerprint density at radius 2 is 2.38 bits per heavy atom. The molecule has 0 spiro atoms. The van der Waals surface area contributed by atoms with Gasteiger partial charge in [-0.05, 0) is 19.9 Å². The van der Waals surface area contributed by atoms with Gasteiger partial charge >= 0.3 is 5.97 Å². The van der Waals surface area contributed by atoms with Crippen LogP contribution in [0.2, 0.25) is 0 Å². The van der Waals surface area contributed by atoms with Crippen molar-refractivity contribution in [3.05, 3.63) is 23.5 Å². The number of nitrogens with zero attached hydrogens (tertiary/aromatic N) is 1. The molecule has 0 unspecified atom stereocenters. The molecule has 0 saturated carbocycles. The van der Waals surface area contributed by atoms with Crippen LogP contribution < -0.4 is 5.46 Å². The lowest BCUT2D eigenvalue weighted by Gasteiger charge is -2.03. The van der Waals surface area contributed by atoms with Crippen LogP contribution >= 0.6 is 0 Å². The Hall–Kier alpha value is -1.32. The molecule has 0 fully saturated rings. The predicted octanol–water partition coefficient (Wildman–Crippen LogP) is 0.361. The number of hydrogen-bond donors (Lipinski definition) is 0. The topological polar surface area (TPSA) is 39.2 Å². The van der Waals surface area contributed by atoms with Crippen molar-refractivity contribution in [2.24, 2.45) is 0 Å². The van der Waals surface area contributed by atoms with Crippen molar-refractivity contribution in [1.82, 2.24) is 4.98 Å². The van der Waals surface area contributed by atoms with E-state index in [1.54, 1.807) is 13.0 Å². The van der Waals surface area contributed by atoms with E-state index < -0.39 is 5.97 Å². The lowest BCUT2D eigenvalue weighted by atomic mass is 9.93. The van der Waals surface area contributed by atoms with E-state index in [0.717, 1.165) is 5.56 Å². The van der Waals surface area contributed by atoms with Crippen LogP contribution in [0.5, 0.6) is 0 Å². The highest BCUT2D eigenvalue weighted by Crippen LogP contribution is 1.99. The van der Waals surface area contributed by atoms with Gasteiger partial charge in [0.05, 0.1) is 6.61 Å². The van der Waals surface area contributed by atoms with Crippen LogP contribution in [-0.4, -0.2) is 25.4 Å². The van der Waals surface area contributed by atoms with Gasteiger partial charge < -0.3 is 4.74 Å². The summed E-state index contributed by atoms with van der Waals surface area (Å²) in [7, 11) is 5.55. The number of rotatable bonds is 2. The Labute approximate surface area is 78.5 Å². The van der Waals surface area contributed by atoms with Gasteiger partial charge in [0.15, 0.2) is 0 Å². The van der Waals surface area contributed by atoms with E-state index in [1.165, 1.54) is 6.20 Å². The van der Waals surface area contributed by atoms with E-state index in [9.17, 15) is 4.79 Å². The average molecular weight is 175 g/mol. The zero-order chi connectivity index (χ0) is 9.84. The molecule has 1 heterocycles. The zero-order valence-corrected chi connectivity index (χ0v) is 7.70. The van der Waals surface area contributed by atoms with Crippen molar-refractivity contribution < 1.29 is 9.53 Å². The van der Waals surface area contributed by atoms with Gasteiger partial charge in [0.25, 0.3) is 0 Å². The molecule has 2 radical (unpaired) electrons. The summed E-state index contributed by atoms with van der Waals surface area (Å²) in [5.41, 5.74) is 1.71. The summed E-state index contributed by atoms with van der Waals surface area (Å²) in [6.45, 7) is 3.92. The first-order valence-corrected chi connectivity index (χ1v) is 4.04. The largest absolute Gasteiger partial charge is 0.461 e. The second-order valence-corrected chi connectivity index (χ2v) is 2.65. The molecule has 1 rings (SSSR count). The van der Waals surface area contributed by atoms with Crippen molar-refractivity contribution in [2.45, 2.75) is 13.8 Å². The van der Waals surface area contributed by atoms with E-state index >= 15 is 0 Å². The molecule has 1 aromatic rings. The molecular formula is C9H10BNO2. The van der Waals surface area contributed by atoms with Gasteiger partial charge in [-0.25, -0.2) is 9.78 Å². The standard InChI is InChI=1S/C9H10BNO2/c1-3-13-9(12)8-4-6(2)7(10)5-11-8/h4-5H,3H2,1-2H3. The van der Waals surface area contributed by atoms with Crippen molar-refractivity contribution in [1.29, 1.82) is 0 Å². The predicted molar refractivity (Wildman–Crippen MR) is 50.3 cm³/mol. The number of carbonyl (C=O) groups excluding carboxylic acids is 1. The summed E-state index contributed by atoms with van der Waals surface area (Å²) in [4.78, 5) is 15.0. The third-order valence-corrected chi connectivity index (χ3v) is 1.64. The molecule has 13 heavy (non-hydrogen) atoms. The molecule has 66 valence electrons. The lowest BCUT2D eigenvalue weighted by molar-refractivity contribution is 0.0519. The zero-order valence-electron chi connectivity index (χ0n) is 7.70. The molecule has 0 atom stereocenters. The summed E-state index contributed by atoms with van der Waals surface area (Å²) in [6.07, 6.45) is 1.46. The van der Waals surface area contributed by atoms with Crippen LogP contribution in [0.25, 0.3) is 0 Å². The van der Waals surface area contributed by atoms with Crippen LogP contribution in [0.15, 0.2) is 12.3 Å². The molecule has 3 nitrogen and oxygen atoms in total. The van der Waals surface area contributed by atoms with E-state index in [4.69, 9.17) is 12.6 Å². The first-order chi connectivity index (χ1) is 6.15. The first kappa shape index (κ1) is 9.77. The Morgan fingerprint density at radius 3 is 2.92 bits per heavy atom. The minimum atomic E-state index is -0.411. The van der Waals surface area contributed by atoms with E-state index in [2.05, 4.69) is 4.98 Å². The van der Waals surface area contributed by atoms with Gasteiger partial charge in [-0.15, -0.1) is 0 Å². The second kappa shape index (κ2) is 4.07. The molecule has 0 aliphatic carbocycles. The van der Waals surface area contributed by atoms with Crippen molar-refractivity contribution in [2.75, 3.05) is 6.61 Å². The summed E-state index contributed by atoms with van der Waals surface area (Å²) in [5.74, 6) is -0.411. The third-order valence-electron chi connectivity index (χ3n) is 1.64. The molecule has 0 N–H and O–H groups in total. The average Bonchev–Trinajstić information content (AvgIpc) is 2.10. The lowest BCUT2D eigenvalue weighted by Crippen LogP contribution is -2.13. The third kappa shape index (κ3) is 2.31. The molecule has 0 bridgehead atoms. The SMILES string of the molecule is [B]c1cnc(C(=O)OCC)cc1C. The maximum Gasteiger partial charge on any atom is 0.356 e. The molecule has 0 amide bonds. The quantitative estimate of drug-likeness (QED) is 0.481. The fourth-order valence-corrected chi connectivity index (χ4v) is 0.883. The molecule has 1 aromatic heterocycles. The number of aryl methyl sites for hydroxylation is 1. The summed E-state index contributed by atoms with van der Waals surface area (Å²) < 4.78 is 4.78. The van der Waals surface area contributed by atoms with Crippen LogP contribution in [-0.2, 0) is 4.74 Å². The van der Waals surface area contributed by atoms with Crippen molar-refractivity contribution >= 4 is 19.3 Å². The normalized spacial score (nSPS) is 9.69. The van der Waals surface area contributed by atoms with Gasteiger partial charge in [0.1, 0.15) is 13.5 Å². The molecule has 0 saturated heterocycles. The Bertz CT molecular complexity index is 325. The van der Waals surface area contributed by atoms with Crippen LogP contribution in [0.4, 0.5) is 0 Å². The smallest absolute Gasteiger partial charge is 0.356 e. The first-order valence-electron chi connectivity index (χ1n) is 4.04. The van der Waals surface area contributed by atoms with Gasteiger partial charge in [-0.2, -0.15) is 0 Å². The highest BCUT2D eigenvalue weighted by atomic mass is 16.5. The Kier molecular flexibility index (Phi) is 3.06. The van der Waals surface area contributed by atoms with Crippen LogP contribution in [0.1, 0.15) is 23.0 Å². The van der Waals surface area contributed by atoms with E-state index in [1.807, 2.05) is 6.92 Å². The highest BCUT2D eigenvalue weighted by molar-refractivity contribution is 6.33.